The van der Waals surface area contributed by atoms with Gasteiger partial charge in [0.25, 0.3) is 0 Å². The third-order valence-electron chi connectivity index (χ3n) is 5.22. The number of carbonyl (C=O) groups excluding carboxylic acids is 5. The van der Waals surface area contributed by atoms with E-state index in [1.165, 1.54) is 0 Å². The van der Waals surface area contributed by atoms with Crippen LogP contribution in [-0.4, -0.2) is 83.0 Å². The van der Waals surface area contributed by atoms with Crippen molar-refractivity contribution < 1.29 is 57.7 Å². The second-order valence-electron chi connectivity index (χ2n) is 8.11. The van der Waals surface area contributed by atoms with Crippen molar-refractivity contribution in [3.05, 3.63) is 10.1 Å². The van der Waals surface area contributed by atoms with Crippen molar-refractivity contribution in [1.29, 1.82) is 0 Å². The molecule has 0 heterocycles. The lowest BCUT2D eigenvalue weighted by atomic mass is 9.76. The van der Waals surface area contributed by atoms with Gasteiger partial charge in [0.1, 0.15) is 12.7 Å². The number of hydrogen-bond acceptors (Lipinski definition) is 13. The number of aliphatic hydroxyl groups is 1. The van der Waals surface area contributed by atoms with Crippen LogP contribution in [0.1, 0.15) is 53.9 Å². The second kappa shape index (κ2) is 13.6. The summed E-state index contributed by atoms with van der Waals surface area (Å²) in [6.45, 7) is 4.47. The molecule has 0 amide bonds. The van der Waals surface area contributed by atoms with Gasteiger partial charge >= 0.3 is 29.8 Å². The molecule has 198 valence electrons. The van der Waals surface area contributed by atoms with E-state index in [2.05, 4.69) is 0 Å². The van der Waals surface area contributed by atoms with Crippen molar-refractivity contribution in [2.75, 3.05) is 6.61 Å². The third-order valence-corrected chi connectivity index (χ3v) is 5.22. The number of hydrogen-bond donors (Lipinski definition) is 1. The maximum Gasteiger partial charge on any atom is 0.303 e. The fraction of sp³-hybridized carbons (Fsp3) is 0.762. The maximum atomic E-state index is 12.0. The normalized spacial score (nSPS) is 23.0. The van der Waals surface area contributed by atoms with Crippen molar-refractivity contribution in [1.82, 2.24) is 0 Å². The van der Waals surface area contributed by atoms with E-state index in [9.17, 15) is 39.2 Å². The number of rotatable bonds is 11. The van der Waals surface area contributed by atoms with Crippen LogP contribution in [0.5, 0.6) is 0 Å². The summed E-state index contributed by atoms with van der Waals surface area (Å²) >= 11 is 0. The molecule has 0 spiro atoms. The van der Waals surface area contributed by atoms with Gasteiger partial charge in [0, 0.05) is 39.5 Å². The molecule has 0 bridgehead atoms. The first-order chi connectivity index (χ1) is 16.2. The summed E-state index contributed by atoms with van der Waals surface area (Å²) in [5.41, 5.74) is 0. The van der Waals surface area contributed by atoms with Crippen molar-refractivity contribution in [3.63, 3.8) is 0 Å². The Morgan fingerprint density at radius 2 is 1.34 bits per heavy atom. The summed E-state index contributed by atoms with van der Waals surface area (Å²) < 4.78 is 26.0. The topological polar surface area (TPSA) is 195 Å². The minimum absolute atomic E-state index is 0.0907. The van der Waals surface area contributed by atoms with E-state index in [4.69, 9.17) is 23.7 Å². The van der Waals surface area contributed by atoms with Crippen LogP contribution in [0.15, 0.2) is 0 Å². The van der Waals surface area contributed by atoms with Crippen LogP contribution >= 0.6 is 0 Å². The quantitative estimate of drug-likeness (QED) is 0.172. The van der Waals surface area contributed by atoms with Crippen LogP contribution in [0.4, 0.5) is 0 Å². The van der Waals surface area contributed by atoms with Gasteiger partial charge in [-0.05, 0) is 19.3 Å². The van der Waals surface area contributed by atoms with Crippen LogP contribution < -0.4 is 0 Å². The van der Waals surface area contributed by atoms with E-state index in [0.29, 0.717) is 6.42 Å². The molecule has 35 heavy (non-hydrogen) atoms. The van der Waals surface area contributed by atoms with Crippen LogP contribution in [0.2, 0.25) is 0 Å². The Morgan fingerprint density at radius 1 is 0.829 bits per heavy atom. The molecule has 0 aromatic heterocycles. The van der Waals surface area contributed by atoms with E-state index in [-0.39, 0.29) is 12.8 Å². The largest absolute Gasteiger partial charge is 0.462 e. The van der Waals surface area contributed by atoms with Crippen molar-refractivity contribution in [2.24, 2.45) is 5.92 Å². The Morgan fingerprint density at radius 3 is 1.80 bits per heavy atom. The highest BCUT2D eigenvalue weighted by molar-refractivity contribution is 5.69. The summed E-state index contributed by atoms with van der Waals surface area (Å²) in [6, 6.07) is -1.61. The molecule has 0 saturated heterocycles. The summed E-state index contributed by atoms with van der Waals surface area (Å²) in [7, 11) is 0. The average molecular weight is 505 g/mol. The molecule has 1 rings (SSSR count). The van der Waals surface area contributed by atoms with E-state index in [0.717, 1.165) is 34.6 Å². The Labute approximate surface area is 201 Å². The summed E-state index contributed by atoms with van der Waals surface area (Å²) in [4.78, 5) is 70.2. The van der Waals surface area contributed by atoms with Gasteiger partial charge in [0.05, 0.1) is 5.92 Å². The van der Waals surface area contributed by atoms with Crippen LogP contribution in [-0.2, 0) is 47.7 Å². The van der Waals surface area contributed by atoms with Gasteiger partial charge in [0.2, 0.25) is 6.04 Å². The molecular formula is C21H31NO13. The van der Waals surface area contributed by atoms with E-state index in [1.807, 2.05) is 0 Å². The number of esters is 5. The molecule has 1 aliphatic rings. The zero-order chi connectivity index (χ0) is 26.9. The molecule has 14 nitrogen and oxygen atoms in total. The molecule has 0 radical (unpaired) electrons. The predicted molar refractivity (Wildman–Crippen MR) is 113 cm³/mol. The molecule has 0 unspecified atom stereocenters. The van der Waals surface area contributed by atoms with E-state index < -0.39 is 83.9 Å². The smallest absolute Gasteiger partial charge is 0.303 e. The number of nitrogens with zero attached hydrogens (tertiary/aromatic N) is 1. The molecule has 1 fully saturated rings. The highest BCUT2D eigenvalue weighted by atomic mass is 16.6. The monoisotopic (exact) mass is 505 g/mol. The standard InChI is InChI=1S/C21H31NO13/c1-10(23)31-9-17(32-11(2)24)20(34-13(4)26)21(35-14(5)27)19(33-12(3)25)15-7-6-8-16(28)18(15)22(29)30/h15-21,28H,6-9H2,1-5H3/t15-,16-,17+,18+,19-,20-,21+/m0/s1. The lowest BCUT2D eigenvalue weighted by Crippen LogP contribution is -2.59. The van der Waals surface area contributed by atoms with E-state index >= 15 is 0 Å². The Hall–Kier alpha value is -3.29. The summed E-state index contributed by atoms with van der Waals surface area (Å²) in [5.74, 6) is -5.59. The summed E-state index contributed by atoms with van der Waals surface area (Å²) in [6.07, 6.45) is -7.42. The minimum Gasteiger partial charge on any atom is -0.462 e. The van der Waals surface area contributed by atoms with Crippen molar-refractivity contribution in [3.8, 4) is 0 Å². The van der Waals surface area contributed by atoms with Crippen LogP contribution in [0, 0.1) is 16.0 Å². The molecule has 0 aromatic carbocycles. The lowest BCUT2D eigenvalue weighted by Gasteiger charge is -2.40. The molecular weight excluding hydrogens is 474 g/mol. The van der Waals surface area contributed by atoms with Gasteiger partial charge in [-0.1, -0.05) is 0 Å². The van der Waals surface area contributed by atoms with Gasteiger partial charge in [-0.2, -0.15) is 0 Å². The van der Waals surface area contributed by atoms with Gasteiger partial charge in [-0.15, -0.1) is 0 Å². The second-order valence-corrected chi connectivity index (χ2v) is 8.11. The average Bonchev–Trinajstić information content (AvgIpc) is 2.70. The molecule has 1 saturated carbocycles. The molecule has 0 aliphatic heterocycles. The van der Waals surface area contributed by atoms with Crippen molar-refractivity contribution >= 4 is 29.8 Å². The number of aliphatic hydroxyl groups excluding tert-OH is 1. The SMILES string of the molecule is CC(=O)OC[C@@H](OC(C)=O)[C@H](OC(C)=O)[C@H](OC(C)=O)[C@@H](OC(C)=O)[C@H]1CCC[C@H](O)[C@@H]1[N+](=O)[O-]. The first-order valence-corrected chi connectivity index (χ1v) is 10.9. The molecule has 1 N–H and O–H groups in total. The molecule has 0 aromatic rings. The fourth-order valence-corrected chi connectivity index (χ4v) is 4.10. The highest BCUT2D eigenvalue weighted by Crippen LogP contribution is 2.35. The van der Waals surface area contributed by atoms with E-state index in [1.54, 1.807) is 0 Å². The maximum absolute atomic E-state index is 12.0. The fourth-order valence-electron chi connectivity index (χ4n) is 4.10. The Bertz CT molecular complexity index is 813. The molecule has 7 atom stereocenters. The zero-order valence-corrected chi connectivity index (χ0v) is 20.2. The number of carbonyl (C=O) groups is 5. The first-order valence-electron chi connectivity index (χ1n) is 10.9. The summed E-state index contributed by atoms with van der Waals surface area (Å²) in [5, 5.41) is 22.1. The van der Waals surface area contributed by atoms with Gasteiger partial charge in [-0.25, -0.2) is 0 Å². The zero-order valence-electron chi connectivity index (χ0n) is 20.2. The molecule has 1 aliphatic carbocycles. The highest BCUT2D eigenvalue weighted by Gasteiger charge is 2.53. The number of nitro groups is 1. The van der Waals surface area contributed by atoms with Crippen molar-refractivity contribution in [2.45, 2.75) is 90.4 Å². The van der Waals surface area contributed by atoms with Gasteiger partial charge in [-0.3, -0.25) is 34.1 Å². The van der Waals surface area contributed by atoms with Crippen LogP contribution in [0.3, 0.4) is 0 Å². The van der Waals surface area contributed by atoms with Crippen LogP contribution in [0.25, 0.3) is 0 Å². The van der Waals surface area contributed by atoms with Gasteiger partial charge < -0.3 is 28.8 Å². The Kier molecular flexibility index (Phi) is 11.5. The lowest BCUT2D eigenvalue weighted by molar-refractivity contribution is -0.550. The predicted octanol–water partition coefficient (Wildman–Crippen LogP) is 0.0826. The minimum atomic E-state index is -1.72. The molecule has 14 heteroatoms. The third kappa shape index (κ3) is 9.47. The number of ether oxygens (including phenoxy) is 5. The van der Waals surface area contributed by atoms with Gasteiger partial charge in [0.15, 0.2) is 24.4 Å². The first kappa shape index (κ1) is 29.7. The Balaban J connectivity index is 3.66.